The van der Waals surface area contributed by atoms with E-state index in [1.165, 1.54) is 26.0 Å². The zero-order chi connectivity index (χ0) is 15.5. The average Bonchev–Trinajstić information content (AvgIpc) is 3.28. The lowest BCUT2D eigenvalue weighted by atomic mass is 9.86. The number of nitrogens with one attached hydrogen (secondary N) is 1. The van der Waals surface area contributed by atoms with Gasteiger partial charge in [-0.05, 0) is 42.7 Å². The number of hydrogen-bond donors (Lipinski definition) is 1. The van der Waals surface area contributed by atoms with Crippen LogP contribution in [0, 0.1) is 11.2 Å². The number of benzene rings is 1. The summed E-state index contributed by atoms with van der Waals surface area (Å²) >= 11 is 0. The molecule has 0 amide bonds. The van der Waals surface area contributed by atoms with Crippen molar-refractivity contribution in [3.63, 3.8) is 0 Å². The molecule has 0 heterocycles. The summed E-state index contributed by atoms with van der Waals surface area (Å²) in [6.07, 6.45) is 4.21. The third kappa shape index (κ3) is 4.60. The van der Waals surface area contributed by atoms with Crippen LogP contribution >= 0.6 is 0 Å². The van der Waals surface area contributed by atoms with Gasteiger partial charge in [-0.25, -0.2) is 4.39 Å². The van der Waals surface area contributed by atoms with Gasteiger partial charge >= 0.3 is 0 Å². The van der Waals surface area contributed by atoms with Crippen LogP contribution in [0.2, 0.25) is 0 Å². The number of aryl methyl sites for hydroxylation is 1. The number of rotatable bonds is 8. The molecule has 0 aromatic heterocycles. The van der Waals surface area contributed by atoms with E-state index >= 15 is 0 Å². The van der Waals surface area contributed by atoms with Gasteiger partial charge in [0.15, 0.2) is 11.5 Å². The van der Waals surface area contributed by atoms with Crippen molar-refractivity contribution in [2.24, 2.45) is 5.41 Å². The van der Waals surface area contributed by atoms with Crippen LogP contribution in [-0.2, 0) is 6.42 Å². The number of methoxy groups -OCH3 is 2. The van der Waals surface area contributed by atoms with E-state index in [9.17, 15) is 4.39 Å². The molecule has 1 fully saturated rings. The molecule has 0 aliphatic heterocycles. The highest BCUT2D eigenvalue weighted by Gasteiger charge is 2.25. The largest absolute Gasteiger partial charge is 0.493 e. The molecule has 0 unspecified atom stereocenters. The Labute approximate surface area is 126 Å². The molecule has 1 aromatic rings. The van der Waals surface area contributed by atoms with E-state index in [1.54, 1.807) is 13.2 Å². The van der Waals surface area contributed by atoms with E-state index in [1.807, 2.05) is 0 Å². The average molecular weight is 295 g/mol. The minimum absolute atomic E-state index is 0.155. The summed E-state index contributed by atoms with van der Waals surface area (Å²) in [6.45, 7) is 5.43. The lowest BCUT2D eigenvalue weighted by Gasteiger charge is -2.25. The van der Waals surface area contributed by atoms with Crippen molar-refractivity contribution in [1.29, 1.82) is 0 Å². The Balaban J connectivity index is 1.97. The fraction of sp³-hybridized carbons (Fsp3) is 0.647. The molecular weight excluding hydrogens is 269 g/mol. The molecule has 1 N–H and O–H groups in total. The van der Waals surface area contributed by atoms with Crippen LogP contribution in [0.3, 0.4) is 0 Å². The molecule has 0 spiro atoms. The van der Waals surface area contributed by atoms with Gasteiger partial charge in [-0.15, -0.1) is 0 Å². The Morgan fingerprint density at radius 1 is 1.19 bits per heavy atom. The molecule has 4 heteroatoms. The van der Waals surface area contributed by atoms with Gasteiger partial charge < -0.3 is 14.8 Å². The lowest BCUT2D eigenvalue weighted by molar-refractivity contribution is 0.311. The number of halogens is 1. The number of ether oxygens (including phenoxy) is 2. The Kier molecular flexibility index (Phi) is 5.09. The summed E-state index contributed by atoms with van der Waals surface area (Å²) in [5.74, 6) is 0.801. The smallest absolute Gasteiger partial charge is 0.163 e. The zero-order valence-corrected chi connectivity index (χ0v) is 13.5. The highest BCUT2D eigenvalue weighted by molar-refractivity contribution is 5.43. The van der Waals surface area contributed by atoms with Gasteiger partial charge in [-0.2, -0.15) is 0 Å². The van der Waals surface area contributed by atoms with Gasteiger partial charge in [0.1, 0.15) is 5.82 Å². The van der Waals surface area contributed by atoms with Crippen molar-refractivity contribution in [3.05, 3.63) is 23.5 Å². The Bertz CT molecular complexity index is 484. The van der Waals surface area contributed by atoms with E-state index in [0.717, 1.165) is 13.0 Å². The quantitative estimate of drug-likeness (QED) is 0.795. The van der Waals surface area contributed by atoms with Gasteiger partial charge in [0, 0.05) is 18.7 Å². The van der Waals surface area contributed by atoms with E-state index < -0.39 is 0 Å². The monoisotopic (exact) mass is 295 g/mol. The van der Waals surface area contributed by atoms with Gasteiger partial charge in [-0.1, -0.05) is 13.8 Å². The van der Waals surface area contributed by atoms with Crippen LogP contribution in [0.25, 0.3) is 0 Å². The summed E-state index contributed by atoms with van der Waals surface area (Å²) in [6, 6.07) is 3.87. The Hall–Kier alpha value is -1.29. The molecule has 0 atom stereocenters. The summed E-state index contributed by atoms with van der Waals surface area (Å²) in [5.41, 5.74) is 0.842. The maximum Gasteiger partial charge on any atom is 0.163 e. The molecule has 0 saturated heterocycles. The zero-order valence-electron chi connectivity index (χ0n) is 13.5. The maximum absolute atomic E-state index is 14.1. The maximum atomic E-state index is 14.1. The van der Waals surface area contributed by atoms with Crippen LogP contribution in [0.1, 0.15) is 38.7 Å². The topological polar surface area (TPSA) is 30.5 Å². The minimum atomic E-state index is -0.224. The molecule has 21 heavy (non-hydrogen) atoms. The Morgan fingerprint density at radius 2 is 1.81 bits per heavy atom. The predicted octanol–water partition coefficient (Wildman–Crippen LogP) is 3.55. The second-order valence-electron chi connectivity index (χ2n) is 6.62. The predicted molar refractivity (Wildman–Crippen MR) is 82.6 cm³/mol. The van der Waals surface area contributed by atoms with Gasteiger partial charge in [0.2, 0.25) is 0 Å². The van der Waals surface area contributed by atoms with E-state index in [4.69, 9.17) is 9.47 Å². The molecule has 3 nitrogen and oxygen atoms in total. The number of hydrogen-bond acceptors (Lipinski definition) is 3. The first-order valence-corrected chi connectivity index (χ1v) is 7.59. The van der Waals surface area contributed by atoms with Crippen molar-refractivity contribution < 1.29 is 13.9 Å². The van der Waals surface area contributed by atoms with Crippen LogP contribution in [0.5, 0.6) is 11.5 Å². The van der Waals surface area contributed by atoms with Crippen LogP contribution in [-0.4, -0.2) is 26.8 Å². The summed E-state index contributed by atoms with van der Waals surface area (Å²) in [4.78, 5) is 0. The Morgan fingerprint density at radius 3 is 2.38 bits per heavy atom. The molecule has 118 valence electrons. The lowest BCUT2D eigenvalue weighted by Crippen LogP contribution is -2.31. The molecule has 1 saturated carbocycles. The van der Waals surface area contributed by atoms with Crippen molar-refractivity contribution in [2.45, 2.75) is 45.6 Å². The van der Waals surface area contributed by atoms with Crippen LogP contribution in [0.15, 0.2) is 12.1 Å². The molecule has 0 radical (unpaired) electrons. The van der Waals surface area contributed by atoms with Gasteiger partial charge in [0.25, 0.3) is 0 Å². The first-order valence-electron chi connectivity index (χ1n) is 7.59. The van der Waals surface area contributed by atoms with Crippen molar-refractivity contribution in [2.75, 3.05) is 20.8 Å². The molecule has 1 aliphatic carbocycles. The molecule has 0 bridgehead atoms. The van der Waals surface area contributed by atoms with Gasteiger partial charge in [0.05, 0.1) is 14.2 Å². The van der Waals surface area contributed by atoms with Crippen LogP contribution in [0.4, 0.5) is 4.39 Å². The van der Waals surface area contributed by atoms with Gasteiger partial charge in [-0.3, -0.25) is 0 Å². The van der Waals surface area contributed by atoms with Crippen molar-refractivity contribution >= 4 is 0 Å². The standard InChI is InChI=1S/C17H26FNO2/c1-17(2,11-19-13-5-6-13)8-7-12-9-15(20-3)16(21-4)10-14(12)18/h9-10,13,19H,5-8,11H2,1-4H3. The van der Waals surface area contributed by atoms with Crippen LogP contribution < -0.4 is 14.8 Å². The first-order chi connectivity index (χ1) is 9.95. The molecule has 1 aliphatic rings. The SMILES string of the molecule is COc1cc(F)c(CCC(C)(C)CNC2CC2)cc1OC. The summed E-state index contributed by atoms with van der Waals surface area (Å²) in [7, 11) is 3.09. The molecular formula is C17H26FNO2. The third-order valence-electron chi connectivity index (χ3n) is 4.07. The summed E-state index contributed by atoms with van der Waals surface area (Å²) in [5, 5.41) is 3.55. The highest BCUT2D eigenvalue weighted by atomic mass is 19.1. The first kappa shape index (κ1) is 16.1. The summed E-state index contributed by atoms with van der Waals surface area (Å²) < 4.78 is 24.5. The second-order valence-corrected chi connectivity index (χ2v) is 6.62. The van der Waals surface area contributed by atoms with E-state index in [2.05, 4.69) is 19.2 Å². The van der Waals surface area contributed by atoms with Crippen molar-refractivity contribution in [1.82, 2.24) is 5.32 Å². The second kappa shape index (κ2) is 6.65. The van der Waals surface area contributed by atoms with Crippen molar-refractivity contribution in [3.8, 4) is 11.5 Å². The normalized spacial score (nSPS) is 15.1. The highest BCUT2D eigenvalue weighted by Crippen LogP contribution is 2.32. The van der Waals surface area contributed by atoms with E-state index in [0.29, 0.717) is 29.5 Å². The third-order valence-corrected chi connectivity index (χ3v) is 4.07. The fourth-order valence-electron chi connectivity index (χ4n) is 2.36. The van der Waals surface area contributed by atoms with E-state index in [-0.39, 0.29) is 11.2 Å². The minimum Gasteiger partial charge on any atom is -0.493 e. The fourth-order valence-corrected chi connectivity index (χ4v) is 2.36. The molecule has 1 aromatic carbocycles. The molecule has 2 rings (SSSR count).